The molecule has 1 unspecified atom stereocenters. The highest BCUT2D eigenvalue weighted by Gasteiger charge is 2.39. The Kier molecular flexibility index (Phi) is 4.44. The van der Waals surface area contributed by atoms with Crippen molar-refractivity contribution in [3.63, 3.8) is 0 Å². The van der Waals surface area contributed by atoms with Crippen LogP contribution in [0.5, 0.6) is 0 Å². The fourth-order valence-electron chi connectivity index (χ4n) is 1.82. The van der Waals surface area contributed by atoms with Gasteiger partial charge in [0.2, 0.25) is 11.8 Å². The van der Waals surface area contributed by atoms with Crippen LogP contribution in [0.3, 0.4) is 0 Å². The number of hydrogen-bond acceptors (Lipinski definition) is 4. The van der Waals surface area contributed by atoms with Gasteiger partial charge in [-0.3, -0.25) is 14.5 Å². The molecule has 1 saturated heterocycles. The second kappa shape index (κ2) is 5.41. The lowest BCUT2D eigenvalue weighted by atomic mass is 10.2. The Balaban J connectivity index is 2.46. The van der Waals surface area contributed by atoms with Crippen molar-refractivity contribution in [3.05, 3.63) is 0 Å². The number of hydrogen-bond donors (Lipinski definition) is 1. The van der Waals surface area contributed by atoms with E-state index in [1.165, 1.54) is 4.90 Å². The van der Waals surface area contributed by atoms with Crippen LogP contribution in [0.25, 0.3) is 0 Å². The first-order valence-corrected chi connectivity index (χ1v) is 5.67. The molecule has 0 aromatic heterocycles. The Hall–Kier alpha value is -0.940. The van der Waals surface area contributed by atoms with Crippen molar-refractivity contribution in [2.24, 2.45) is 0 Å². The van der Waals surface area contributed by atoms with Crippen LogP contribution in [0.4, 0.5) is 0 Å². The van der Waals surface area contributed by atoms with Gasteiger partial charge in [-0.15, -0.1) is 0 Å². The van der Waals surface area contributed by atoms with Gasteiger partial charge in [-0.2, -0.15) is 0 Å². The number of amides is 2. The Labute approximate surface area is 96.8 Å². The molecule has 1 heterocycles. The lowest BCUT2D eigenvalue weighted by Crippen LogP contribution is -2.43. The molecule has 1 rings (SSSR count). The zero-order valence-corrected chi connectivity index (χ0v) is 10.5. The van der Waals surface area contributed by atoms with Gasteiger partial charge < -0.3 is 10.2 Å². The lowest BCUT2D eigenvalue weighted by Gasteiger charge is -2.19. The smallest absolute Gasteiger partial charge is 0.247 e. The first-order valence-electron chi connectivity index (χ1n) is 5.67. The normalized spacial score (nSPS) is 21.6. The van der Waals surface area contributed by atoms with E-state index in [1.54, 1.807) is 0 Å². The van der Waals surface area contributed by atoms with E-state index >= 15 is 0 Å². The fraction of sp³-hybridized carbons (Fsp3) is 0.818. The predicted molar refractivity (Wildman–Crippen MR) is 62.0 cm³/mol. The van der Waals surface area contributed by atoms with Crippen molar-refractivity contribution in [2.45, 2.75) is 32.4 Å². The SMILES string of the molecule is CC(C)N1C(=O)CC(NCCN(C)C)C1=O. The molecule has 0 aliphatic carbocycles. The summed E-state index contributed by atoms with van der Waals surface area (Å²) in [6.07, 6.45) is 0.296. The topological polar surface area (TPSA) is 52.7 Å². The van der Waals surface area contributed by atoms with Crippen molar-refractivity contribution >= 4 is 11.8 Å². The van der Waals surface area contributed by atoms with Crippen molar-refractivity contribution in [1.82, 2.24) is 15.1 Å². The van der Waals surface area contributed by atoms with Crippen molar-refractivity contribution in [3.8, 4) is 0 Å². The molecule has 0 aromatic carbocycles. The molecule has 1 atom stereocenters. The van der Waals surface area contributed by atoms with Gasteiger partial charge in [0.25, 0.3) is 0 Å². The van der Waals surface area contributed by atoms with Gasteiger partial charge in [0.05, 0.1) is 12.5 Å². The molecule has 0 saturated carbocycles. The Morgan fingerprint density at radius 2 is 2.06 bits per heavy atom. The van der Waals surface area contributed by atoms with Crippen molar-refractivity contribution < 1.29 is 9.59 Å². The molecular weight excluding hydrogens is 206 g/mol. The van der Waals surface area contributed by atoms with Gasteiger partial charge in [-0.25, -0.2) is 0 Å². The van der Waals surface area contributed by atoms with Crippen LogP contribution in [0, 0.1) is 0 Å². The Morgan fingerprint density at radius 1 is 1.44 bits per heavy atom. The van der Waals surface area contributed by atoms with Crippen LogP contribution in [0.15, 0.2) is 0 Å². The second-order valence-electron chi connectivity index (χ2n) is 4.71. The van der Waals surface area contributed by atoms with Crippen LogP contribution >= 0.6 is 0 Å². The van der Waals surface area contributed by atoms with Gasteiger partial charge in [0.1, 0.15) is 0 Å². The third-order valence-electron chi connectivity index (χ3n) is 2.65. The summed E-state index contributed by atoms with van der Waals surface area (Å²) in [4.78, 5) is 26.8. The highest BCUT2D eigenvalue weighted by atomic mass is 16.2. The minimum absolute atomic E-state index is 0.0411. The fourth-order valence-corrected chi connectivity index (χ4v) is 1.82. The molecule has 5 nitrogen and oxygen atoms in total. The number of nitrogens with one attached hydrogen (secondary N) is 1. The van der Waals surface area contributed by atoms with E-state index in [0.717, 1.165) is 13.1 Å². The van der Waals surface area contributed by atoms with E-state index in [1.807, 2.05) is 32.8 Å². The molecule has 0 bridgehead atoms. The maximum absolute atomic E-state index is 11.9. The van der Waals surface area contributed by atoms with Crippen LogP contribution in [-0.2, 0) is 9.59 Å². The average molecular weight is 227 g/mol. The van der Waals surface area contributed by atoms with Crippen LogP contribution in [0.2, 0.25) is 0 Å². The molecule has 1 aliphatic heterocycles. The van der Waals surface area contributed by atoms with E-state index in [2.05, 4.69) is 5.32 Å². The van der Waals surface area contributed by atoms with E-state index < -0.39 is 0 Å². The number of likely N-dealkylation sites (N-methyl/N-ethyl adjacent to an activating group) is 1. The summed E-state index contributed by atoms with van der Waals surface area (Å²) in [6.45, 7) is 5.30. The highest BCUT2D eigenvalue weighted by Crippen LogP contribution is 2.15. The average Bonchev–Trinajstić information content (AvgIpc) is 2.41. The predicted octanol–water partition coefficient (Wildman–Crippen LogP) is -0.326. The van der Waals surface area contributed by atoms with Gasteiger partial charge in [0.15, 0.2) is 0 Å². The summed E-state index contributed by atoms with van der Waals surface area (Å²) >= 11 is 0. The highest BCUT2D eigenvalue weighted by molar-refractivity contribution is 6.05. The molecule has 0 radical (unpaired) electrons. The third kappa shape index (κ3) is 3.02. The Bertz CT molecular complexity index is 276. The molecule has 5 heteroatoms. The minimum Gasteiger partial charge on any atom is -0.308 e. The summed E-state index contributed by atoms with van der Waals surface area (Å²) in [7, 11) is 3.95. The molecule has 16 heavy (non-hydrogen) atoms. The third-order valence-corrected chi connectivity index (χ3v) is 2.65. The second-order valence-corrected chi connectivity index (χ2v) is 4.71. The quantitative estimate of drug-likeness (QED) is 0.654. The largest absolute Gasteiger partial charge is 0.308 e. The van der Waals surface area contributed by atoms with Crippen molar-refractivity contribution in [2.75, 3.05) is 27.2 Å². The number of rotatable bonds is 5. The minimum atomic E-state index is -0.324. The van der Waals surface area contributed by atoms with Gasteiger partial charge in [-0.1, -0.05) is 0 Å². The standard InChI is InChI=1S/C11H21N3O2/c1-8(2)14-10(15)7-9(11(14)16)12-5-6-13(3)4/h8-9,12H,5-7H2,1-4H3. The van der Waals surface area contributed by atoms with E-state index in [4.69, 9.17) is 0 Å². The number of carbonyl (C=O) groups is 2. The number of likely N-dealkylation sites (tertiary alicyclic amines) is 1. The van der Waals surface area contributed by atoms with Crippen LogP contribution < -0.4 is 5.32 Å². The summed E-state index contributed by atoms with van der Waals surface area (Å²) in [6, 6.07) is -0.365. The van der Waals surface area contributed by atoms with E-state index in [9.17, 15) is 9.59 Å². The summed E-state index contributed by atoms with van der Waals surface area (Å²) in [5.74, 6) is -0.152. The Morgan fingerprint density at radius 3 is 2.50 bits per heavy atom. The molecule has 2 amide bonds. The molecule has 0 spiro atoms. The number of imide groups is 1. The zero-order valence-electron chi connectivity index (χ0n) is 10.5. The molecule has 92 valence electrons. The molecule has 1 aliphatic rings. The number of carbonyl (C=O) groups excluding carboxylic acids is 2. The molecular formula is C11H21N3O2. The summed E-state index contributed by atoms with van der Waals surface area (Å²) < 4.78 is 0. The monoisotopic (exact) mass is 227 g/mol. The summed E-state index contributed by atoms with van der Waals surface area (Å²) in [5.41, 5.74) is 0. The maximum Gasteiger partial charge on any atom is 0.247 e. The van der Waals surface area contributed by atoms with Gasteiger partial charge >= 0.3 is 0 Å². The maximum atomic E-state index is 11.9. The van der Waals surface area contributed by atoms with E-state index in [0.29, 0.717) is 6.42 Å². The van der Waals surface area contributed by atoms with Crippen molar-refractivity contribution in [1.29, 1.82) is 0 Å². The molecule has 0 aromatic rings. The number of nitrogens with zero attached hydrogens (tertiary/aromatic N) is 2. The molecule has 1 N–H and O–H groups in total. The van der Waals surface area contributed by atoms with Crippen LogP contribution in [0.1, 0.15) is 20.3 Å². The van der Waals surface area contributed by atoms with Crippen LogP contribution in [-0.4, -0.2) is 60.9 Å². The van der Waals surface area contributed by atoms with Gasteiger partial charge in [0, 0.05) is 19.1 Å². The zero-order chi connectivity index (χ0) is 12.3. The van der Waals surface area contributed by atoms with Gasteiger partial charge in [-0.05, 0) is 27.9 Å². The lowest BCUT2D eigenvalue weighted by molar-refractivity contribution is -0.140. The first-order chi connectivity index (χ1) is 7.43. The first kappa shape index (κ1) is 13.1. The summed E-state index contributed by atoms with van der Waals surface area (Å²) in [5, 5.41) is 3.12. The molecule has 1 fully saturated rings. The van der Waals surface area contributed by atoms with E-state index in [-0.39, 0.29) is 23.9 Å².